The second-order valence-corrected chi connectivity index (χ2v) is 3.27. The van der Waals surface area contributed by atoms with E-state index in [1.165, 1.54) is 17.5 Å². The number of nitrogens with one attached hydrogen (secondary N) is 1. The van der Waals surface area contributed by atoms with Crippen LogP contribution in [0.25, 0.3) is 0 Å². The van der Waals surface area contributed by atoms with Crippen molar-refractivity contribution in [1.29, 1.82) is 0 Å². The highest BCUT2D eigenvalue weighted by Gasteiger charge is 2.06. The molecule has 2 heterocycles. The highest BCUT2D eigenvalue weighted by molar-refractivity contribution is 7.13. The van der Waals surface area contributed by atoms with Gasteiger partial charge in [-0.2, -0.15) is 0 Å². The summed E-state index contributed by atoms with van der Waals surface area (Å²) < 4.78 is 0. The number of pyridine rings is 1. The molecule has 0 aliphatic heterocycles. The van der Waals surface area contributed by atoms with E-state index in [4.69, 9.17) is 0 Å². The Balaban J connectivity index is 2.11. The fourth-order valence-corrected chi connectivity index (χ4v) is 1.33. The first-order chi connectivity index (χ1) is 6.86. The summed E-state index contributed by atoms with van der Waals surface area (Å²) in [4.78, 5) is 15.3. The Hall–Kier alpha value is -1.82. The topological polar surface area (TPSA) is 67.8 Å². The Bertz CT molecular complexity index is 414. The number of hydrogen-bond acceptors (Lipinski definition) is 5. The fraction of sp³-hybridized carbons (Fsp3) is 0. The van der Waals surface area contributed by atoms with E-state index in [0.29, 0.717) is 10.7 Å². The normalized spacial score (nSPS) is 9.71. The lowest BCUT2D eigenvalue weighted by atomic mass is 10.3. The number of rotatable bonds is 2. The van der Waals surface area contributed by atoms with Gasteiger partial charge in [-0.25, -0.2) is 0 Å². The van der Waals surface area contributed by atoms with E-state index in [1.807, 2.05) is 0 Å². The highest BCUT2D eigenvalue weighted by atomic mass is 32.1. The molecule has 2 rings (SSSR count). The van der Waals surface area contributed by atoms with Crippen LogP contribution in [0, 0.1) is 0 Å². The van der Waals surface area contributed by atoms with E-state index < -0.39 is 0 Å². The van der Waals surface area contributed by atoms with Gasteiger partial charge in [-0.3, -0.25) is 15.1 Å². The van der Waals surface area contributed by atoms with Crippen LogP contribution in [-0.2, 0) is 0 Å². The number of aromatic nitrogens is 3. The molecule has 2 aromatic rings. The van der Waals surface area contributed by atoms with E-state index in [1.54, 1.807) is 23.8 Å². The molecule has 5 nitrogen and oxygen atoms in total. The summed E-state index contributed by atoms with van der Waals surface area (Å²) in [5.41, 5.74) is 2.06. The quantitative estimate of drug-likeness (QED) is 0.801. The average molecular weight is 206 g/mol. The van der Waals surface area contributed by atoms with E-state index >= 15 is 0 Å². The first kappa shape index (κ1) is 8.76. The van der Waals surface area contributed by atoms with Gasteiger partial charge in [0.15, 0.2) is 0 Å². The van der Waals surface area contributed by atoms with Crippen LogP contribution in [0.4, 0.5) is 5.13 Å². The Morgan fingerprint density at radius 3 is 3.07 bits per heavy atom. The van der Waals surface area contributed by atoms with Crippen LogP contribution >= 0.6 is 11.3 Å². The van der Waals surface area contributed by atoms with Gasteiger partial charge in [0.2, 0.25) is 5.13 Å². The van der Waals surface area contributed by atoms with Crippen molar-refractivity contribution in [2.45, 2.75) is 0 Å². The molecule has 0 saturated heterocycles. The number of amides is 1. The Morgan fingerprint density at radius 2 is 2.43 bits per heavy atom. The van der Waals surface area contributed by atoms with Crippen LogP contribution in [-0.4, -0.2) is 21.1 Å². The van der Waals surface area contributed by atoms with E-state index in [-0.39, 0.29) is 5.91 Å². The summed E-state index contributed by atoms with van der Waals surface area (Å²) in [6.45, 7) is 0. The molecule has 0 aliphatic rings. The summed E-state index contributed by atoms with van der Waals surface area (Å²) in [5, 5.41) is 10.4. The monoisotopic (exact) mass is 206 g/mol. The second kappa shape index (κ2) is 3.93. The summed E-state index contributed by atoms with van der Waals surface area (Å²) in [7, 11) is 0. The summed E-state index contributed by atoms with van der Waals surface area (Å²) in [6, 6.07) is 3.39. The molecule has 1 amide bonds. The van der Waals surface area contributed by atoms with Crippen LogP contribution in [0.1, 0.15) is 10.4 Å². The Kier molecular flexibility index (Phi) is 2.46. The van der Waals surface area contributed by atoms with Crippen molar-refractivity contribution in [3.63, 3.8) is 0 Å². The molecule has 6 heteroatoms. The second-order valence-electron chi connectivity index (χ2n) is 2.44. The predicted molar refractivity (Wildman–Crippen MR) is 52.1 cm³/mol. The van der Waals surface area contributed by atoms with Gasteiger partial charge in [-0.15, -0.1) is 10.2 Å². The van der Waals surface area contributed by atoms with Gasteiger partial charge < -0.3 is 0 Å². The lowest BCUT2D eigenvalue weighted by molar-refractivity contribution is 0.102. The predicted octanol–water partition coefficient (Wildman–Crippen LogP) is 1.19. The highest BCUT2D eigenvalue weighted by Crippen LogP contribution is 2.09. The zero-order valence-electron chi connectivity index (χ0n) is 7.04. The minimum Gasteiger partial charge on any atom is -0.296 e. The third kappa shape index (κ3) is 1.91. The summed E-state index contributed by atoms with van der Waals surface area (Å²) in [6.07, 6.45) is 3.11. The third-order valence-electron chi connectivity index (χ3n) is 1.50. The maximum Gasteiger partial charge on any atom is 0.259 e. The van der Waals surface area contributed by atoms with Crippen molar-refractivity contribution >= 4 is 22.4 Å². The zero-order chi connectivity index (χ0) is 9.80. The summed E-state index contributed by atoms with van der Waals surface area (Å²) >= 11 is 1.27. The molecule has 0 atom stereocenters. The smallest absolute Gasteiger partial charge is 0.259 e. The molecule has 0 saturated carbocycles. The van der Waals surface area contributed by atoms with Gasteiger partial charge >= 0.3 is 0 Å². The SMILES string of the molecule is O=C(Nc1nncs1)c1cccnc1. The Labute approximate surface area is 83.8 Å². The van der Waals surface area contributed by atoms with Crippen molar-refractivity contribution in [2.24, 2.45) is 0 Å². The van der Waals surface area contributed by atoms with Gasteiger partial charge in [0.05, 0.1) is 5.56 Å². The van der Waals surface area contributed by atoms with E-state index in [2.05, 4.69) is 20.5 Å². The first-order valence-corrected chi connectivity index (χ1v) is 4.72. The van der Waals surface area contributed by atoms with Crippen molar-refractivity contribution in [3.05, 3.63) is 35.6 Å². The van der Waals surface area contributed by atoms with Crippen molar-refractivity contribution < 1.29 is 4.79 Å². The van der Waals surface area contributed by atoms with Gasteiger partial charge in [0.25, 0.3) is 5.91 Å². The van der Waals surface area contributed by atoms with Crippen LogP contribution in [0.2, 0.25) is 0 Å². The van der Waals surface area contributed by atoms with Crippen LogP contribution in [0.5, 0.6) is 0 Å². The number of carbonyl (C=O) groups excluding carboxylic acids is 1. The molecule has 1 N–H and O–H groups in total. The van der Waals surface area contributed by atoms with E-state index in [9.17, 15) is 4.79 Å². The molecule has 0 aliphatic carbocycles. The molecule has 14 heavy (non-hydrogen) atoms. The van der Waals surface area contributed by atoms with E-state index in [0.717, 1.165) is 0 Å². The maximum absolute atomic E-state index is 11.5. The lowest BCUT2D eigenvalue weighted by Crippen LogP contribution is -2.11. The van der Waals surface area contributed by atoms with Crippen molar-refractivity contribution in [2.75, 3.05) is 5.32 Å². The zero-order valence-corrected chi connectivity index (χ0v) is 7.86. The third-order valence-corrected chi connectivity index (χ3v) is 2.11. The molecule has 0 fully saturated rings. The average Bonchev–Trinajstić information content (AvgIpc) is 2.72. The van der Waals surface area contributed by atoms with Gasteiger partial charge in [0, 0.05) is 12.4 Å². The van der Waals surface area contributed by atoms with Gasteiger partial charge in [-0.1, -0.05) is 11.3 Å². The van der Waals surface area contributed by atoms with Gasteiger partial charge in [-0.05, 0) is 12.1 Å². The van der Waals surface area contributed by atoms with Crippen LogP contribution in [0.15, 0.2) is 30.0 Å². The molecule has 0 aromatic carbocycles. The van der Waals surface area contributed by atoms with Crippen LogP contribution in [0.3, 0.4) is 0 Å². The Morgan fingerprint density at radius 1 is 1.50 bits per heavy atom. The molecule has 70 valence electrons. The maximum atomic E-state index is 11.5. The fourth-order valence-electron chi connectivity index (χ4n) is 0.894. The van der Waals surface area contributed by atoms with Crippen molar-refractivity contribution in [1.82, 2.24) is 15.2 Å². The van der Waals surface area contributed by atoms with Crippen LogP contribution < -0.4 is 5.32 Å². The molecular formula is C8H6N4OS. The van der Waals surface area contributed by atoms with Crippen molar-refractivity contribution in [3.8, 4) is 0 Å². The van der Waals surface area contributed by atoms with Gasteiger partial charge in [0.1, 0.15) is 5.51 Å². The molecule has 0 unspecified atom stereocenters. The first-order valence-electron chi connectivity index (χ1n) is 3.84. The molecule has 2 aromatic heterocycles. The molecule has 0 radical (unpaired) electrons. The standard InChI is InChI=1S/C8H6N4OS/c13-7(6-2-1-3-9-4-6)11-8-12-10-5-14-8/h1-5H,(H,11,12,13). The number of hydrogen-bond donors (Lipinski definition) is 1. The largest absolute Gasteiger partial charge is 0.296 e. The number of carbonyl (C=O) groups is 1. The lowest BCUT2D eigenvalue weighted by Gasteiger charge is -1.98. The number of nitrogens with zero attached hydrogens (tertiary/aromatic N) is 3. The molecular weight excluding hydrogens is 200 g/mol. The molecule has 0 bridgehead atoms. The summed E-state index contributed by atoms with van der Waals surface area (Å²) in [5.74, 6) is -0.227. The minimum absolute atomic E-state index is 0.227. The minimum atomic E-state index is -0.227. The number of anilines is 1. The molecule has 0 spiro atoms.